The molecule has 0 spiro atoms. The topological polar surface area (TPSA) is 80.1 Å². The zero-order valence-corrected chi connectivity index (χ0v) is 17.1. The third kappa shape index (κ3) is 5.56. The molecule has 0 saturated carbocycles. The van der Waals surface area contributed by atoms with Crippen LogP contribution in [0.25, 0.3) is 0 Å². The maximum Gasteiger partial charge on any atom is 0.243 e. The average molecular weight is 419 g/mol. The van der Waals surface area contributed by atoms with E-state index in [0.717, 1.165) is 17.1 Å². The van der Waals surface area contributed by atoms with Gasteiger partial charge in [0.25, 0.3) is 0 Å². The first-order chi connectivity index (χ1) is 14.0. The Balaban J connectivity index is 1.78. The van der Waals surface area contributed by atoms with Gasteiger partial charge in [0, 0.05) is 19.7 Å². The molecule has 0 radical (unpaired) electrons. The third-order valence-electron chi connectivity index (χ3n) is 4.75. The number of benzene rings is 1. The highest BCUT2D eigenvalue weighted by Crippen LogP contribution is 2.18. The van der Waals surface area contributed by atoms with Crippen molar-refractivity contribution in [3.8, 4) is 0 Å². The molecule has 1 saturated heterocycles. The van der Waals surface area contributed by atoms with E-state index in [1.54, 1.807) is 41.5 Å². The summed E-state index contributed by atoms with van der Waals surface area (Å²) in [5, 5.41) is 0. The fourth-order valence-electron chi connectivity index (χ4n) is 3.26. The van der Waals surface area contributed by atoms with E-state index < -0.39 is 10.0 Å². The van der Waals surface area contributed by atoms with Gasteiger partial charge in [-0.1, -0.05) is 24.3 Å². The van der Waals surface area contributed by atoms with Crippen LogP contribution in [-0.4, -0.2) is 55.9 Å². The summed E-state index contributed by atoms with van der Waals surface area (Å²) in [6, 6.07) is 11.6. The summed E-state index contributed by atoms with van der Waals surface area (Å²) in [4.78, 5) is 14.9. The predicted octanol–water partition coefficient (Wildman–Crippen LogP) is 2.66. The Morgan fingerprint density at radius 1 is 1.21 bits per heavy atom. The van der Waals surface area contributed by atoms with Crippen LogP contribution in [0.15, 0.2) is 70.7 Å². The van der Waals surface area contributed by atoms with Gasteiger partial charge in [-0.05, 0) is 37.1 Å². The van der Waals surface area contributed by atoms with Gasteiger partial charge in [0.2, 0.25) is 15.9 Å². The summed E-state index contributed by atoms with van der Waals surface area (Å²) in [7, 11) is -3.82. The highest BCUT2D eigenvalue weighted by Gasteiger charge is 2.29. The van der Waals surface area contributed by atoms with Crippen molar-refractivity contribution in [2.75, 3.05) is 26.2 Å². The van der Waals surface area contributed by atoms with Crippen molar-refractivity contribution in [3.63, 3.8) is 0 Å². The van der Waals surface area contributed by atoms with Gasteiger partial charge in [0.15, 0.2) is 0 Å². The van der Waals surface area contributed by atoms with E-state index in [-0.39, 0.29) is 36.5 Å². The summed E-state index contributed by atoms with van der Waals surface area (Å²) >= 11 is 0. The van der Waals surface area contributed by atoms with Gasteiger partial charge in [-0.2, -0.15) is 4.31 Å². The van der Waals surface area contributed by atoms with Crippen LogP contribution in [0, 0.1) is 0 Å². The highest BCUT2D eigenvalue weighted by atomic mass is 32.2. The first-order valence-corrected chi connectivity index (χ1v) is 11.0. The summed E-state index contributed by atoms with van der Waals surface area (Å²) in [6.07, 6.45) is 4.81. The van der Waals surface area contributed by atoms with Crippen molar-refractivity contribution in [1.82, 2.24) is 9.21 Å². The number of nitrogens with zero attached hydrogens (tertiary/aromatic N) is 2. The average Bonchev–Trinajstić information content (AvgIpc) is 3.42. The zero-order valence-electron chi connectivity index (χ0n) is 16.3. The highest BCUT2D eigenvalue weighted by molar-refractivity contribution is 7.89. The van der Waals surface area contributed by atoms with Crippen molar-refractivity contribution in [2.24, 2.45) is 0 Å². The van der Waals surface area contributed by atoms with E-state index in [1.807, 2.05) is 0 Å². The molecule has 2 aromatic rings. The largest absolute Gasteiger partial charge is 0.467 e. The van der Waals surface area contributed by atoms with Gasteiger partial charge in [0.1, 0.15) is 5.76 Å². The van der Waals surface area contributed by atoms with Crippen LogP contribution in [0.1, 0.15) is 18.6 Å². The van der Waals surface area contributed by atoms with Crippen molar-refractivity contribution >= 4 is 15.9 Å². The SMILES string of the molecule is C=CCN(CC(=O)N(Cc1ccco1)CC1CCCO1)S(=O)(=O)c1ccccc1. The molecule has 1 aromatic carbocycles. The second-order valence-electron chi connectivity index (χ2n) is 6.89. The summed E-state index contributed by atoms with van der Waals surface area (Å²) in [6.45, 7) is 4.73. The van der Waals surface area contributed by atoms with E-state index in [2.05, 4.69) is 6.58 Å². The fraction of sp³-hybridized carbons (Fsp3) is 0.381. The molecule has 2 heterocycles. The lowest BCUT2D eigenvalue weighted by atomic mass is 10.2. The molecule has 1 unspecified atom stereocenters. The number of furan rings is 1. The van der Waals surface area contributed by atoms with Crippen LogP contribution in [0.2, 0.25) is 0 Å². The van der Waals surface area contributed by atoms with Crippen molar-refractivity contribution < 1.29 is 22.4 Å². The molecule has 0 aliphatic carbocycles. The number of ether oxygens (including phenoxy) is 1. The molecular formula is C21H26N2O5S. The number of sulfonamides is 1. The second-order valence-corrected chi connectivity index (χ2v) is 8.83. The molecule has 1 aromatic heterocycles. The molecule has 1 amide bonds. The van der Waals surface area contributed by atoms with Crippen LogP contribution in [0.3, 0.4) is 0 Å². The molecule has 3 rings (SSSR count). The Hall–Kier alpha value is -2.42. The minimum absolute atomic E-state index is 0.0392. The van der Waals surface area contributed by atoms with Crippen LogP contribution < -0.4 is 0 Å². The standard InChI is InChI=1S/C21H26N2O5S/c1-2-12-23(29(25,26)20-10-4-3-5-11-20)17-21(24)22(15-18-8-6-13-27-18)16-19-9-7-14-28-19/h2-6,8,10-11,13,19H,1,7,9,12,14-17H2. The van der Waals surface area contributed by atoms with Gasteiger partial charge in [-0.3, -0.25) is 4.79 Å². The molecular weight excluding hydrogens is 392 g/mol. The number of amides is 1. The molecule has 1 aliphatic heterocycles. The van der Waals surface area contributed by atoms with Crippen molar-refractivity contribution in [2.45, 2.75) is 30.4 Å². The number of carbonyl (C=O) groups excluding carboxylic acids is 1. The van der Waals surface area contributed by atoms with Gasteiger partial charge in [-0.15, -0.1) is 6.58 Å². The lowest BCUT2D eigenvalue weighted by Gasteiger charge is -2.28. The molecule has 7 nitrogen and oxygen atoms in total. The second kappa shape index (κ2) is 9.87. The molecule has 1 aliphatic rings. The van der Waals surface area contributed by atoms with Gasteiger partial charge in [0.05, 0.1) is 30.4 Å². The lowest BCUT2D eigenvalue weighted by Crippen LogP contribution is -2.45. The van der Waals surface area contributed by atoms with E-state index >= 15 is 0 Å². The Bertz CT molecular complexity index is 890. The van der Waals surface area contributed by atoms with Gasteiger partial charge >= 0.3 is 0 Å². The predicted molar refractivity (Wildman–Crippen MR) is 108 cm³/mol. The Kier molecular flexibility index (Phi) is 7.24. The first kappa shape index (κ1) is 21.3. The van der Waals surface area contributed by atoms with E-state index in [1.165, 1.54) is 18.2 Å². The fourth-order valence-corrected chi connectivity index (χ4v) is 4.64. The molecule has 1 atom stereocenters. The number of rotatable bonds is 10. The minimum atomic E-state index is -3.82. The van der Waals surface area contributed by atoms with Crippen LogP contribution in [-0.2, 0) is 26.1 Å². The van der Waals surface area contributed by atoms with Crippen molar-refractivity contribution in [1.29, 1.82) is 0 Å². The molecule has 29 heavy (non-hydrogen) atoms. The Morgan fingerprint density at radius 3 is 2.62 bits per heavy atom. The monoisotopic (exact) mass is 418 g/mol. The molecule has 156 valence electrons. The van der Waals surface area contributed by atoms with Crippen LogP contribution in [0.4, 0.5) is 0 Å². The minimum Gasteiger partial charge on any atom is -0.467 e. The molecule has 8 heteroatoms. The summed E-state index contributed by atoms with van der Waals surface area (Å²) in [5.41, 5.74) is 0. The first-order valence-electron chi connectivity index (χ1n) is 9.58. The molecule has 1 fully saturated rings. The zero-order chi connectivity index (χ0) is 20.7. The third-order valence-corrected chi connectivity index (χ3v) is 6.58. The van der Waals surface area contributed by atoms with E-state index in [4.69, 9.17) is 9.15 Å². The van der Waals surface area contributed by atoms with Crippen LogP contribution in [0.5, 0.6) is 0 Å². The van der Waals surface area contributed by atoms with Gasteiger partial charge in [-0.25, -0.2) is 8.42 Å². The normalized spacial score (nSPS) is 16.8. The maximum absolute atomic E-state index is 13.1. The smallest absolute Gasteiger partial charge is 0.243 e. The van der Waals surface area contributed by atoms with E-state index in [0.29, 0.717) is 18.9 Å². The number of hydrogen-bond acceptors (Lipinski definition) is 5. The maximum atomic E-state index is 13.1. The molecule has 0 N–H and O–H groups in total. The van der Waals surface area contributed by atoms with Crippen molar-refractivity contribution in [3.05, 3.63) is 67.1 Å². The Labute approximate surface area is 171 Å². The summed E-state index contributed by atoms with van der Waals surface area (Å²) < 4.78 is 38.2. The number of hydrogen-bond donors (Lipinski definition) is 0. The summed E-state index contributed by atoms with van der Waals surface area (Å²) in [5.74, 6) is 0.329. The quantitative estimate of drug-likeness (QED) is 0.554. The van der Waals surface area contributed by atoms with Gasteiger partial charge < -0.3 is 14.1 Å². The Morgan fingerprint density at radius 2 is 2.00 bits per heavy atom. The van der Waals surface area contributed by atoms with E-state index in [9.17, 15) is 13.2 Å². The number of carbonyl (C=O) groups is 1. The lowest BCUT2D eigenvalue weighted by molar-refractivity contribution is -0.133. The molecule has 0 bridgehead atoms. The van der Waals surface area contributed by atoms with Crippen LogP contribution >= 0.6 is 0 Å².